The van der Waals surface area contributed by atoms with Gasteiger partial charge in [0.05, 0.1) is 17.5 Å². The molecular formula is C16H16N4O2. The van der Waals surface area contributed by atoms with Crippen LogP contribution in [0.3, 0.4) is 0 Å². The van der Waals surface area contributed by atoms with E-state index in [2.05, 4.69) is 20.4 Å². The Morgan fingerprint density at radius 2 is 2.14 bits per heavy atom. The van der Waals surface area contributed by atoms with Crippen LogP contribution in [0.15, 0.2) is 33.5 Å². The van der Waals surface area contributed by atoms with Crippen molar-refractivity contribution in [2.24, 2.45) is 0 Å². The van der Waals surface area contributed by atoms with E-state index in [0.29, 0.717) is 29.2 Å². The van der Waals surface area contributed by atoms with Crippen molar-refractivity contribution in [3.05, 3.63) is 35.9 Å². The van der Waals surface area contributed by atoms with Gasteiger partial charge in [-0.15, -0.1) is 0 Å². The topological polar surface area (TPSA) is 77.0 Å². The second kappa shape index (κ2) is 4.98. The quantitative estimate of drug-likeness (QED) is 0.793. The maximum absolute atomic E-state index is 5.52. The molecule has 6 nitrogen and oxygen atoms in total. The maximum atomic E-state index is 5.52. The zero-order valence-corrected chi connectivity index (χ0v) is 12.5. The summed E-state index contributed by atoms with van der Waals surface area (Å²) in [4.78, 5) is 9.02. The molecule has 1 saturated carbocycles. The number of hydrogen-bond donors (Lipinski definition) is 1. The van der Waals surface area contributed by atoms with Gasteiger partial charge in [0, 0.05) is 17.8 Å². The minimum Gasteiger partial charge on any atom is -0.463 e. The van der Waals surface area contributed by atoms with Crippen LogP contribution in [0.25, 0.3) is 22.8 Å². The second-order valence-corrected chi connectivity index (χ2v) is 5.57. The predicted octanol–water partition coefficient (Wildman–Crippen LogP) is 3.58. The van der Waals surface area contributed by atoms with Crippen molar-refractivity contribution in [2.75, 3.05) is 5.32 Å². The van der Waals surface area contributed by atoms with Crippen LogP contribution >= 0.6 is 0 Å². The summed E-state index contributed by atoms with van der Waals surface area (Å²) in [5.74, 6) is 1.98. The van der Waals surface area contributed by atoms with Crippen molar-refractivity contribution < 1.29 is 8.94 Å². The van der Waals surface area contributed by atoms with Gasteiger partial charge in [0.1, 0.15) is 5.69 Å². The molecule has 0 amide bonds. The van der Waals surface area contributed by atoms with Gasteiger partial charge in [-0.25, -0.2) is 9.97 Å². The molecular weight excluding hydrogens is 280 g/mol. The summed E-state index contributed by atoms with van der Waals surface area (Å²) in [6.45, 7) is 3.89. The van der Waals surface area contributed by atoms with E-state index in [4.69, 9.17) is 8.94 Å². The highest BCUT2D eigenvalue weighted by molar-refractivity contribution is 5.77. The number of aryl methyl sites for hydroxylation is 1. The smallest absolute Gasteiger partial charge is 0.223 e. The molecule has 1 aliphatic rings. The minimum absolute atomic E-state index is 0.490. The lowest BCUT2D eigenvalue weighted by molar-refractivity contribution is 0.426. The SMILES string of the molecule is Cc1noc(-c2cnc(NC3CC3)nc2-c2ccco2)c1C. The van der Waals surface area contributed by atoms with Gasteiger partial charge >= 0.3 is 0 Å². The molecule has 1 aliphatic carbocycles. The molecule has 0 aromatic carbocycles. The number of aromatic nitrogens is 3. The highest BCUT2D eigenvalue weighted by Crippen LogP contribution is 2.34. The van der Waals surface area contributed by atoms with Gasteiger partial charge in [0.2, 0.25) is 5.95 Å². The number of furan rings is 1. The van der Waals surface area contributed by atoms with Gasteiger partial charge in [-0.1, -0.05) is 5.16 Å². The fourth-order valence-electron chi connectivity index (χ4n) is 2.30. The number of nitrogens with zero attached hydrogens (tertiary/aromatic N) is 3. The monoisotopic (exact) mass is 296 g/mol. The summed E-state index contributed by atoms with van der Waals surface area (Å²) in [7, 11) is 0. The van der Waals surface area contributed by atoms with E-state index in [1.807, 2.05) is 26.0 Å². The number of anilines is 1. The molecule has 0 unspecified atom stereocenters. The van der Waals surface area contributed by atoms with Crippen LogP contribution in [0.2, 0.25) is 0 Å². The first-order valence-corrected chi connectivity index (χ1v) is 7.33. The summed E-state index contributed by atoms with van der Waals surface area (Å²) in [5.41, 5.74) is 3.34. The van der Waals surface area contributed by atoms with Crippen LogP contribution in [0.4, 0.5) is 5.95 Å². The molecule has 3 aromatic rings. The lowest BCUT2D eigenvalue weighted by Crippen LogP contribution is -2.06. The summed E-state index contributed by atoms with van der Waals surface area (Å²) >= 11 is 0. The van der Waals surface area contributed by atoms with Gasteiger partial charge in [0.15, 0.2) is 11.5 Å². The van der Waals surface area contributed by atoms with E-state index >= 15 is 0 Å². The van der Waals surface area contributed by atoms with E-state index in [1.54, 1.807) is 12.5 Å². The van der Waals surface area contributed by atoms with Gasteiger partial charge in [-0.05, 0) is 38.8 Å². The maximum Gasteiger partial charge on any atom is 0.223 e. The Kier molecular flexibility index (Phi) is 2.96. The third-order valence-corrected chi connectivity index (χ3v) is 3.86. The minimum atomic E-state index is 0.490. The third kappa shape index (κ3) is 2.26. The molecule has 22 heavy (non-hydrogen) atoms. The molecule has 0 radical (unpaired) electrons. The Morgan fingerprint density at radius 3 is 2.77 bits per heavy atom. The molecule has 0 aliphatic heterocycles. The molecule has 0 saturated heterocycles. The molecule has 0 spiro atoms. The van der Waals surface area contributed by atoms with E-state index < -0.39 is 0 Å². The Bertz CT molecular complexity index is 804. The highest BCUT2D eigenvalue weighted by atomic mass is 16.5. The van der Waals surface area contributed by atoms with Crippen molar-refractivity contribution in [3.63, 3.8) is 0 Å². The average molecular weight is 296 g/mol. The molecule has 1 N–H and O–H groups in total. The average Bonchev–Trinajstić information content (AvgIpc) is 3.05. The van der Waals surface area contributed by atoms with Crippen molar-refractivity contribution in [3.8, 4) is 22.8 Å². The first kappa shape index (κ1) is 13.1. The molecule has 3 aromatic heterocycles. The second-order valence-electron chi connectivity index (χ2n) is 5.57. The van der Waals surface area contributed by atoms with E-state index in [0.717, 1.165) is 16.8 Å². The summed E-state index contributed by atoms with van der Waals surface area (Å²) in [6, 6.07) is 4.21. The van der Waals surface area contributed by atoms with Crippen molar-refractivity contribution in [1.82, 2.24) is 15.1 Å². The standard InChI is InChI=1S/C16H16N4O2/c1-9-10(2)20-22-15(9)12-8-17-16(18-11-5-6-11)19-14(12)13-4-3-7-21-13/h3-4,7-8,11H,5-6H2,1-2H3,(H,17,18,19). The first-order chi connectivity index (χ1) is 10.7. The molecule has 1 fully saturated rings. The van der Waals surface area contributed by atoms with Crippen LogP contribution in [0.5, 0.6) is 0 Å². The Hall–Kier alpha value is -2.63. The van der Waals surface area contributed by atoms with Crippen molar-refractivity contribution >= 4 is 5.95 Å². The highest BCUT2D eigenvalue weighted by Gasteiger charge is 2.24. The Balaban J connectivity index is 1.84. The van der Waals surface area contributed by atoms with Crippen LogP contribution in [0.1, 0.15) is 24.1 Å². The molecule has 6 heteroatoms. The predicted molar refractivity (Wildman–Crippen MR) is 81.3 cm³/mol. The summed E-state index contributed by atoms with van der Waals surface area (Å²) < 4.78 is 11.0. The van der Waals surface area contributed by atoms with Gasteiger partial charge in [-0.2, -0.15) is 0 Å². The van der Waals surface area contributed by atoms with Crippen LogP contribution in [0, 0.1) is 13.8 Å². The lowest BCUT2D eigenvalue weighted by Gasteiger charge is -2.08. The lowest BCUT2D eigenvalue weighted by atomic mass is 10.1. The van der Waals surface area contributed by atoms with Gasteiger partial charge in [-0.3, -0.25) is 0 Å². The van der Waals surface area contributed by atoms with Gasteiger partial charge < -0.3 is 14.3 Å². The first-order valence-electron chi connectivity index (χ1n) is 7.33. The van der Waals surface area contributed by atoms with E-state index in [-0.39, 0.29) is 0 Å². The molecule has 4 rings (SSSR count). The van der Waals surface area contributed by atoms with Crippen LogP contribution < -0.4 is 5.32 Å². The Labute approximate surface area is 127 Å². The van der Waals surface area contributed by atoms with Gasteiger partial charge in [0.25, 0.3) is 0 Å². The zero-order valence-electron chi connectivity index (χ0n) is 12.5. The fourth-order valence-corrected chi connectivity index (χ4v) is 2.30. The van der Waals surface area contributed by atoms with Crippen LogP contribution in [-0.4, -0.2) is 21.2 Å². The van der Waals surface area contributed by atoms with Crippen LogP contribution in [-0.2, 0) is 0 Å². The molecule has 112 valence electrons. The van der Waals surface area contributed by atoms with E-state index in [9.17, 15) is 0 Å². The van der Waals surface area contributed by atoms with Crippen molar-refractivity contribution in [1.29, 1.82) is 0 Å². The largest absolute Gasteiger partial charge is 0.463 e. The Morgan fingerprint density at radius 1 is 1.27 bits per heavy atom. The molecule has 3 heterocycles. The zero-order chi connectivity index (χ0) is 15.1. The molecule has 0 atom stereocenters. The third-order valence-electron chi connectivity index (χ3n) is 3.86. The number of rotatable bonds is 4. The van der Waals surface area contributed by atoms with E-state index in [1.165, 1.54) is 12.8 Å². The molecule has 0 bridgehead atoms. The summed E-state index contributed by atoms with van der Waals surface area (Å²) in [5, 5.41) is 7.33. The van der Waals surface area contributed by atoms with Crippen molar-refractivity contribution in [2.45, 2.75) is 32.7 Å². The number of nitrogens with one attached hydrogen (secondary N) is 1. The summed E-state index contributed by atoms with van der Waals surface area (Å²) in [6.07, 6.45) is 5.74. The fraction of sp³-hybridized carbons (Fsp3) is 0.312. The normalized spacial score (nSPS) is 14.3. The number of hydrogen-bond acceptors (Lipinski definition) is 6.